The van der Waals surface area contributed by atoms with Crippen molar-refractivity contribution in [2.75, 3.05) is 0 Å². The maximum atomic E-state index is 8.89. The summed E-state index contributed by atoms with van der Waals surface area (Å²) < 4.78 is 3.55. The largest absolute Gasteiger partial charge is 0.409 e. The fraction of sp³-hybridized carbons (Fsp3) is 0.167. The molecule has 0 radical (unpaired) electrons. The van der Waals surface area contributed by atoms with Crippen LogP contribution in [-0.4, -0.2) is 20.8 Å². The number of oxime groups is 1. The lowest BCUT2D eigenvalue weighted by Gasteiger charge is -2.10. The highest BCUT2D eigenvalue weighted by Gasteiger charge is 2.15. The zero-order chi connectivity index (χ0) is 14.2. The molecule has 1 heterocycles. The summed E-state index contributed by atoms with van der Waals surface area (Å²) >= 11 is 6.86. The fourth-order valence-corrected chi connectivity index (χ4v) is 2.42. The Morgan fingerprint density at radius 3 is 2.58 bits per heavy atom. The van der Waals surface area contributed by atoms with E-state index in [2.05, 4.69) is 42.1 Å². The summed E-state index contributed by atoms with van der Waals surface area (Å²) in [5.41, 5.74) is 8.91. The number of hydrogen-bond donors (Lipinski definition) is 2. The number of nitrogens with two attached hydrogens (primary N) is 1. The van der Waals surface area contributed by atoms with Crippen LogP contribution in [0.15, 0.2) is 32.3 Å². The van der Waals surface area contributed by atoms with Crippen molar-refractivity contribution in [2.24, 2.45) is 10.9 Å². The van der Waals surface area contributed by atoms with E-state index in [0.717, 1.165) is 26.0 Å². The van der Waals surface area contributed by atoms with E-state index in [1.165, 1.54) is 0 Å². The Hall–Kier alpha value is -1.34. The summed E-state index contributed by atoms with van der Waals surface area (Å²) in [6.45, 7) is 3.86. The SMILES string of the molecule is Cc1nn(-c2ccc(Br)cc2/C(N)=N/O)c(C)c1Br. The normalized spacial score (nSPS) is 11.9. The molecule has 0 saturated carbocycles. The highest BCUT2D eigenvalue weighted by Crippen LogP contribution is 2.26. The van der Waals surface area contributed by atoms with Crippen LogP contribution < -0.4 is 5.73 Å². The van der Waals surface area contributed by atoms with Gasteiger partial charge in [0, 0.05) is 10.0 Å². The van der Waals surface area contributed by atoms with Crippen LogP contribution in [0.4, 0.5) is 0 Å². The molecule has 0 bridgehead atoms. The van der Waals surface area contributed by atoms with Gasteiger partial charge in [0.15, 0.2) is 5.84 Å². The van der Waals surface area contributed by atoms with Crippen LogP contribution in [0, 0.1) is 13.8 Å². The second-order valence-electron chi connectivity index (χ2n) is 4.04. The Morgan fingerprint density at radius 2 is 2.05 bits per heavy atom. The molecule has 3 N–H and O–H groups in total. The molecule has 2 rings (SSSR count). The van der Waals surface area contributed by atoms with Gasteiger partial charge in [-0.2, -0.15) is 5.10 Å². The Balaban J connectivity index is 2.72. The molecule has 0 atom stereocenters. The van der Waals surface area contributed by atoms with Crippen LogP contribution in [0.2, 0.25) is 0 Å². The quantitative estimate of drug-likeness (QED) is 0.359. The van der Waals surface area contributed by atoms with Crippen molar-refractivity contribution in [3.05, 3.63) is 44.1 Å². The smallest absolute Gasteiger partial charge is 0.172 e. The standard InChI is InChI=1S/C12H12Br2N4O/c1-6-11(14)7(2)18(16-6)10-4-3-8(13)5-9(10)12(15)17-19/h3-5,19H,1-2H3,(H2,15,17). The van der Waals surface area contributed by atoms with Gasteiger partial charge in [-0.25, -0.2) is 4.68 Å². The van der Waals surface area contributed by atoms with Crippen molar-refractivity contribution in [1.29, 1.82) is 0 Å². The van der Waals surface area contributed by atoms with E-state index in [1.807, 2.05) is 26.0 Å². The number of aryl methyl sites for hydroxylation is 1. The molecule has 0 amide bonds. The molecule has 1 aromatic carbocycles. The fourth-order valence-electron chi connectivity index (χ4n) is 1.81. The third kappa shape index (κ3) is 2.52. The van der Waals surface area contributed by atoms with Gasteiger partial charge in [0.25, 0.3) is 0 Å². The van der Waals surface area contributed by atoms with E-state index in [1.54, 1.807) is 10.7 Å². The van der Waals surface area contributed by atoms with Crippen LogP contribution in [0.25, 0.3) is 5.69 Å². The van der Waals surface area contributed by atoms with E-state index in [0.29, 0.717) is 5.56 Å². The zero-order valence-electron chi connectivity index (χ0n) is 10.4. The summed E-state index contributed by atoms with van der Waals surface area (Å²) in [5, 5.41) is 16.4. The lowest BCUT2D eigenvalue weighted by molar-refractivity contribution is 0.318. The van der Waals surface area contributed by atoms with Gasteiger partial charge in [-0.1, -0.05) is 21.1 Å². The van der Waals surface area contributed by atoms with Crippen LogP contribution in [0.1, 0.15) is 17.0 Å². The van der Waals surface area contributed by atoms with Crippen molar-refractivity contribution in [1.82, 2.24) is 9.78 Å². The van der Waals surface area contributed by atoms with Crippen molar-refractivity contribution >= 4 is 37.7 Å². The maximum absolute atomic E-state index is 8.89. The van der Waals surface area contributed by atoms with Gasteiger partial charge in [-0.3, -0.25) is 0 Å². The Labute approximate surface area is 127 Å². The van der Waals surface area contributed by atoms with Gasteiger partial charge < -0.3 is 10.9 Å². The first kappa shape index (κ1) is 14.1. The van der Waals surface area contributed by atoms with Gasteiger partial charge in [0.2, 0.25) is 0 Å². The molecule has 1 aromatic heterocycles. The summed E-state index contributed by atoms with van der Waals surface area (Å²) in [4.78, 5) is 0. The highest BCUT2D eigenvalue weighted by molar-refractivity contribution is 9.10. The lowest BCUT2D eigenvalue weighted by Crippen LogP contribution is -2.17. The Morgan fingerprint density at radius 1 is 1.37 bits per heavy atom. The second-order valence-corrected chi connectivity index (χ2v) is 5.75. The molecular weight excluding hydrogens is 376 g/mol. The molecule has 0 aliphatic rings. The van der Waals surface area contributed by atoms with E-state index < -0.39 is 0 Å². The zero-order valence-corrected chi connectivity index (χ0v) is 13.5. The minimum Gasteiger partial charge on any atom is -0.409 e. The van der Waals surface area contributed by atoms with Crippen LogP contribution in [-0.2, 0) is 0 Å². The summed E-state index contributed by atoms with van der Waals surface area (Å²) in [6.07, 6.45) is 0. The number of benzene rings is 1. The van der Waals surface area contributed by atoms with Crippen LogP contribution in [0.5, 0.6) is 0 Å². The first-order valence-corrected chi connectivity index (χ1v) is 7.04. The van der Waals surface area contributed by atoms with Crippen molar-refractivity contribution in [3.8, 4) is 5.69 Å². The summed E-state index contributed by atoms with van der Waals surface area (Å²) in [5.74, 6) is 0.0416. The number of aromatic nitrogens is 2. The maximum Gasteiger partial charge on any atom is 0.172 e. The monoisotopic (exact) mass is 386 g/mol. The molecule has 0 spiro atoms. The molecule has 19 heavy (non-hydrogen) atoms. The first-order chi connectivity index (χ1) is 8.95. The van der Waals surface area contributed by atoms with E-state index in [4.69, 9.17) is 10.9 Å². The highest BCUT2D eigenvalue weighted by atomic mass is 79.9. The van der Waals surface area contributed by atoms with Crippen molar-refractivity contribution in [2.45, 2.75) is 13.8 Å². The van der Waals surface area contributed by atoms with Crippen LogP contribution in [0.3, 0.4) is 0 Å². The van der Waals surface area contributed by atoms with E-state index in [9.17, 15) is 0 Å². The van der Waals surface area contributed by atoms with Crippen molar-refractivity contribution < 1.29 is 5.21 Å². The molecular formula is C12H12Br2N4O. The minimum absolute atomic E-state index is 0.0416. The molecule has 100 valence electrons. The molecule has 7 heteroatoms. The lowest BCUT2D eigenvalue weighted by atomic mass is 10.1. The van der Waals surface area contributed by atoms with Crippen LogP contribution >= 0.6 is 31.9 Å². The third-order valence-corrected chi connectivity index (χ3v) is 4.41. The molecule has 0 unspecified atom stereocenters. The Kier molecular flexibility index (Phi) is 3.96. The molecule has 5 nitrogen and oxygen atoms in total. The predicted molar refractivity (Wildman–Crippen MR) is 80.9 cm³/mol. The van der Waals surface area contributed by atoms with E-state index in [-0.39, 0.29) is 5.84 Å². The molecule has 0 aliphatic heterocycles. The first-order valence-electron chi connectivity index (χ1n) is 5.45. The van der Waals surface area contributed by atoms with Gasteiger partial charge in [-0.15, -0.1) is 0 Å². The topological polar surface area (TPSA) is 76.4 Å². The third-order valence-electron chi connectivity index (χ3n) is 2.77. The summed E-state index contributed by atoms with van der Waals surface area (Å²) in [6, 6.07) is 5.53. The number of hydrogen-bond acceptors (Lipinski definition) is 3. The number of amidine groups is 1. The number of nitrogens with zero attached hydrogens (tertiary/aromatic N) is 3. The van der Waals surface area contributed by atoms with E-state index >= 15 is 0 Å². The molecule has 0 aliphatic carbocycles. The van der Waals surface area contributed by atoms with Gasteiger partial charge in [0.1, 0.15) is 0 Å². The minimum atomic E-state index is 0.0416. The van der Waals surface area contributed by atoms with Gasteiger partial charge in [0.05, 0.1) is 21.5 Å². The van der Waals surface area contributed by atoms with Gasteiger partial charge in [-0.05, 0) is 48.0 Å². The molecule has 0 saturated heterocycles. The predicted octanol–water partition coefficient (Wildman–Crippen LogP) is 3.11. The Bertz CT molecular complexity index is 664. The second kappa shape index (κ2) is 5.34. The number of halogens is 2. The summed E-state index contributed by atoms with van der Waals surface area (Å²) in [7, 11) is 0. The molecule has 0 fully saturated rings. The average molecular weight is 388 g/mol. The van der Waals surface area contributed by atoms with Crippen molar-refractivity contribution in [3.63, 3.8) is 0 Å². The number of rotatable bonds is 2. The average Bonchev–Trinajstić information content (AvgIpc) is 2.65. The van der Waals surface area contributed by atoms with Gasteiger partial charge >= 0.3 is 0 Å². The molecule has 2 aromatic rings.